The smallest absolute Gasteiger partial charge is 0.119 e. The Hall–Kier alpha value is -2.37. The van der Waals surface area contributed by atoms with Crippen LogP contribution in [0.5, 0.6) is 5.75 Å². The Bertz CT molecular complexity index is 1000. The maximum Gasteiger partial charge on any atom is 0.119 e. The quantitative estimate of drug-likeness (QED) is 0.760. The molecule has 0 amide bonds. The molecule has 7 rings (SSSR count). The van der Waals surface area contributed by atoms with Gasteiger partial charge in [-0.2, -0.15) is 0 Å². The molecule has 4 aliphatic heterocycles. The molecule has 1 atom stereocenters. The Morgan fingerprint density at radius 3 is 2.85 bits per heavy atom. The van der Waals surface area contributed by atoms with Crippen molar-refractivity contribution in [3.8, 4) is 5.75 Å². The fraction of sp³-hybridized carbons (Fsp3) is 0.409. The van der Waals surface area contributed by atoms with E-state index in [4.69, 9.17) is 4.74 Å². The molecule has 1 N–H and O–H groups in total. The van der Waals surface area contributed by atoms with Crippen LogP contribution in [0.2, 0.25) is 0 Å². The van der Waals surface area contributed by atoms with Gasteiger partial charge in [0.05, 0.1) is 18.8 Å². The number of rotatable bonds is 2. The average Bonchev–Trinajstić information content (AvgIpc) is 3.13. The molecule has 4 aliphatic rings. The number of fused-ring (bicyclic) bond motifs is 5. The molecular weight excluding hydrogens is 336 g/mol. The third-order valence-electron chi connectivity index (χ3n) is 6.98. The van der Waals surface area contributed by atoms with Crippen molar-refractivity contribution in [3.05, 3.63) is 59.5 Å². The summed E-state index contributed by atoms with van der Waals surface area (Å²) in [6.45, 7) is 3.38. The summed E-state index contributed by atoms with van der Waals surface area (Å²) in [6, 6.07) is 10.7. The van der Waals surface area contributed by atoms with E-state index in [9.17, 15) is 0 Å². The van der Waals surface area contributed by atoms with Crippen LogP contribution < -0.4 is 4.74 Å². The molecule has 1 spiro atoms. The summed E-state index contributed by atoms with van der Waals surface area (Å²) in [5.74, 6) is 0.941. The van der Waals surface area contributed by atoms with Crippen LogP contribution in [-0.4, -0.2) is 46.5 Å². The van der Waals surface area contributed by atoms with Gasteiger partial charge in [-0.1, -0.05) is 6.07 Å². The highest BCUT2D eigenvalue weighted by molar-refractivity contribution is 5.87. The second-order valence-corrected chi connectivity index (χ2v) is 8.06. The highest BCUT2D eigenvalue weighted by Gasteiger charge is 2.55. The van der Waals surface area contributed by atoms with Gasteiger partial charge in [0.1, 0.15) is 5.75 Å². The van der Waals surface area contributed by atoms with Crippen LogP contribution in [0.3, 0.4) is 0 Å². The predicted molar refractivity (Wildman–Crippen MR) is 105 cm³/mol. The largest absolute Gasteiger partial charge is 0.497 e. The number of aromatic amines is 1. The van der Waals surface area contributed by atoms with Crippen molar-refractivity contribution in [1.29, 1.82) is 0 Å². The van der Waals surface area contributed by atoms with E-state index in [1.165, 1.54) is 40.6 Å². The van der Waals surface area contributed by atoms with Crippen molar-refractivity contribution < 1.29 is 4.74 Å². The van der Waals surface area contributed by atoms with Crippen LogP contribution in [0.15, 0.2) is 42.7 Å². The van der Waals surface area contributed by atoms with Gasteiger partial charge < -0.3 is 9.72 Å². The summed E-state index contributed by atoms with van der Waals surface area (Å²) in [6.07, 6.45) is 7.73. The first-order valence-corrected chi connectivity index (χ1v) is 9.90. The molecule has 2 bridgehead atoms. The number of nitrogens with zero attached hydrogens (tertiary/aromatic N) is 3. The zero-order chi connectivity index (χ0) is 18.0. The molecule has 5 nitrogen and oxygen atoms in total. The van der Waals surface area contributed by atoms with Gasteiger partial charge in [-0.25, -0.2) is 0 Å². The van der Waals surface area contributed by atoms with Gasteiger partial charge in [0.25, 0.3) is 0 Å². The fourth-order valence-electron chi connectivity index (χ4n) is 5.75. The zero-order valence-electron chi connectivity index (χ0n) is 15.6. The summed E-state index contributed by atoms with van der Waals surface area (Å²) in [4.78, 5) is 13.6. The minimum atomic E-state index is 0.120. The lowest BCUT2D eigenvalue weighted by Crippen LogP contribution is -2.66. The Balaban J connectivity index is 1.52. The fourth-order valence-corrected chi connectivity index (χ4v) is 5.75. The van der Waals surface area contributed by atoms with E-state index in [-0.39, 0.29) is 5.54 Å². The van der Waals surface area contributed by atoms with Crippen LogP contribution in [0.25, 0.3) is 10.9 Å². The molecule has 1 unspecified atom stereocenters. The molecule has 3 saturated heterocycles. The van der Waals surface area contributed by atoms with Crippen LogP contribution in [0.4, 0.5) is 0 Å². The van der Waals surface area contributed by atoms with Gasteiger partial charge in [0.2, 0.25) is 0 Å². The molecule has 2 aromatic heterocycles. The van der Waals surface area contributed by atoms with Crippen molar-refractivity contribution in [2.75, 3.05) is 26.7 Å². The molecule has 5 heteroatoms. The lowest BCUT2D eigenvalue weighted by molar-refractivity contribution is -0.149. The summed E-state index contributed by atoms with van der Waals surface area (Å²) in [5, 5.41) is 1.34. The molecule has 0 aliphatic carbocycles. The third-order valence-corrected chi connectivity index (χ3v) is 6.98. The lowest BCUT2D eigenvalue weighted by Gasteiger charge is -2.62. The summed E-state index contributed by atoms with van der Waals surface area (Å²) >= 11 is 0. The van der Waals surface area contributed by atoms with Crippen LogP contribution >= 0.6 is 0 Å². The normalized spacial score (nSPS) is 29.5. The number of pyridine rings is 1. The van der Waals surface area contributed by atoms with E-state index in [1.807, 2.05) is 12.4 Å². The summed E-state index contributed by atoms with van der Waals surface area (Å²) in [7, 11) is 1.75. The minimum Gasteiger partial charge on any atom is -0.497 e. The number of methoxy groups -OCH3 is 1. The number of nitrogens with one attached hydrogen (secondary N) is 1. The van der Waals surface area contributed by atoms with Crippen molar-refractivity contribution in [1.82, 2.24) is 19.8 Å². The standard InChI is InChI=1S/C22H24N4O/c1-27-16-4-5-19-18(13-16)17-6-10-26-21(15-3-2-9-23-14-15)25-11-7-22(26,8-12-25)20(17)24-19/h2-5,9,13-14,21,24H,6-8,10-12H2,1H3. The molecule has 6 heterocycles. The third kappa shape index (κ3) is 2.04. The Kier molecular flexibility index (Phi) is 3.23. The van der Waals surface area contributed by atoms with Crippen LogP contribution in [0.1, 0.15) is 35.8 Å². The molecule has 0 saturated carbocycles. The number of ether oxygens (including phenoxy) is 1. The highest BCUT2D eigenvalue weighted by atomic mass is 16.5. The average molecular weight is 360 g/mol. The number of H-pyrrole nitrogens is 1. The Morgan fingerprint density at radius 2 is 2.07 bits per heavy atom. The van der Waals surface area contributed by atoms with E-state index < -0.39 is 0 Å². The molecule has 0 radical (unpaired) electrons. The van der Waals surface area contributed by atoms with E-state index in [1.54, 1.807) is 7.11 Å². The topological polar surface area (TPSA) is 44.4 Å². The first-order valence-electron chi connectivity index (χ1n) is 9.90. The second-order valence-electron chi connectivity index (χ2n) is 8.06. The molecular formula is C22H24N4O. The van der Waals surface area contributed by atoms with E-state index in [0.717, 1.165) is 31.8 Å². The number of aromatic nitrogens is 2. The van der Waals surface area contributed by atoms with Gasteiger partial charge in [-0.05, 0) is 49.1 Å². The maximum atomic E-state index is 5.49. The van der Waals surface area contributed by atoms with Gasteiger partial charge >= 0.3 is 0 Å². The monoisotopic (exact) mass is 360 g/mol. The second kappa shape index (κ2) is 5.57. The molecule has 1 aromatic carbocycles. The molecule has 3 fully saturated rings. The number of benzene rings is 1. The number of hydrogen-bond donors (Lipinski definition) is 1. The van der Waals surface area contributed by atoms with Crippen molar-refractivity contribution in [3.63, 3.8) is 0 Å². The van der Waals surface area contributed by atoms with E-state index in [0.29, 0.717) is 6.17 Å². The minimum absolute atomic E-state index is 0.120. The summed E-state index contributed by atoms with van der Waals surface area (Å²) in [5.41, 5.74) is 5.63. The van der Waals surface area contributed by atoms with Gasteiger partial charge in [-0.3, -0.25) is 14.8 Å². The lowest BCUT2D eigenvalue weighted by atomic mass is 9.74. The molecule has 27 heavy (non-hydrogen) atoms. The maximum absolute atomic E-state index is 5.49. The first-order chi connectivity index (χ1) is 13.3. The molecule has 3 aromatic rings. The van der Waals surface area contributed by atoms with Crippen LogP contribution in [-0.2, 0) is 12.0 Å². The van der Waals surface area contributed by atoms with Crippen LogP contribution in [0, 0.1) is 0 Å². The predicted octanol–water partition coefficient (Wildman–Crippen LogP) is 3.43. The Labute approximate surface area is 158 Å². The van der Waals surface area contributed by atoms with Crippen molar-refractivity contribution in [2.45, 2.75) is 31.0 Å². The zero-order valence-corrected chi connectivity index (χ0v) is 15.6. The number of piperidine rings is 1. The van der Waals surface area contributed by atoms with Crippen molar-refractivity contribution in [2.24, 2.45) is 0 Å². The van der Waals surface area contributed by atoms with Gasteiger partial charge in [0, 0.05) is 54.2 Å². The summed E-state index contributed by atoms with van der Waals surface area (Å²) < 4.78 is 5.49. The number of hydrogen-bond acceptors (Lipinski definition) is 4. The Morgan fingerprint density at radius 1 is 1.19 bits per heavy atom. The first kappa shape index (κ1) is 15.7. The van der Waals surface area contributed by atoms with Gasteiger partial charge in [-0.15, -0.1) is 0 Å². The van der Waals surface area contributed by atoms with Gasteiger partial charge in [0.15, 0.2) is 0 Å². The van der Waals surface area contributed by atoms with E-state index >= 15 is 0 Å². The van der Waals surface area contributed by atoms with E-state index in [2.05, 4.69) is 50.1 Å². The molecule has 138 valence electrons. The van der Waals surface area contributed by atoms with Crippen molar-refractivity contribution >= 4 is 10.9 Å². The SMILES string of the molecule is COc1ccc2[nH]c3c(c2c1)CCN1C(c2cccnc2)N2CCC31CC2. The highest BCUT2D eigenvalue weighted by Crippen LogP contribution is 2.53.